The quantitative estimate of drug-likeness (QED) is 0.409. The summed E-state index contributed by atoms with van der Waals surface area (Å²) in [4.78, 5) is 0. The number of anilines is 1. The van der Waals surface area contributed by atoms with Crippen LogP contribution in [0, 0.1) is 0 Å². The highest BCUT2D eigenvalue weighted by molar-refractivity contribution is 9.10. The van der Waals surface area contributed by atoms with Gasteiger partial charge in [-0.05, 0) is 64.2 Å². The van der Waals surface area contributed by atoms with Gasteiger partial charge in [0.25, 0.3) is 8.45 Å². The predicted octanol–water partition coefficient (Wildman–Crippen LogP) is 6.71. The van der Waals surface area contributed by atoms with Crippen molar-refractivity contribution in [2.75, 3.05) is 17.8 Å². The number of hydrogen-bond donors (Lipinski definition) is 0. The maximum Gasteiger partial charge on any atom is 0.279 e. The summed E-state index contributed by atoms with van der Waals surface area (Å²) in [5.74, 6) is 0.916. The molecule has 2 aliphatic rings. The summed E-state index contributed by atoms with van der Waals surface area (Å²) in [6, 6.07) is 28.1. The number of nitrogens with zero attached hydrogens (tertiary/aromatic N) is 2. The van der Waals surface area contributed by atoms with Gasteiger partial charge in [0.05, 0.1) is 4.47 Å². The molecule has 0 radical (unpaired) electrons. The summed E-state index contributed by atoms with van der Waals surface area (Å²) in [5, 5.41) is 0. The molecule has 2 fully saturated rings. The third-order valence-corrected chi connectivity index (χ3v) is 8.18. The number of para-hydroxylation sites is 1. The van der Waals surface area contributed by atoms with Crippen molar-refractivity contribution in [1.82, 2.24) is 4.67 Å². The molecule has 0 aliphatic carbocycles. The smallest absolute Gasteiger partial charge is 0.279 e. The fourth-order valence-electron chi connectivity index (χ4n) is 4.02. The molecule has 2 aliphatic heterocycles. The zero-order valence-corrected chi connectivity index (χ0v) is 18.0. The third kappa shape index (κ3) is 3.45. The second kappa shape index (κ2) is 7.87. The molecule has 0 N–H and O–H groups in total. The van der Waals surface area contributed by atoms with Crippen LogP contribution in [0.3, 0.4) is 0 Å². The molecule has 28 heavy (non-hydrogen) atoms. The first kappa shape index (κ1) is 18.2. The molecule has 2 saturated heterocycles. The standard InChI is InChI=1S/C23H22BrN2OP/c24-22-16-19(18-8-3-1-4-9-18)13-14-23(22)27-28-25-15-7-12-21(25)17-26(28)20-10-5-2-6-11-20/h1-6,8-11,13-14,16,21H,7,12,15,17H2/t21-,28+/m0/s1. The molecular weight excluding hydrogens is 431 g/mol. The lowest BCUT2D eigenvalue weighted by atomic mass is 10.1. The first-order chi connectivity index (χ1) is 13.8. The zero-order valence-electron chi connectivity index (χ0n) is 15.5. The maximum atomic E-state index is 6.65. The van der Waals surface area contributed by atoms with Gasteiger partial charge < -0.3 is 9.19 Å². The van der Waals surface area contributed by atoms with E-state index in [4.69, 9.17) is 4.52 Å². The molecule has 0 bridgehead atoms. The van der Waals surface area contributed by atoms with E-state index in [2.05, 4.69) is 98.1 Å². The van der Waals surface area contributed by atoms with E-state index in [1.54, 1.807) is 0 Å². The molecule has 3 nitrogen and oxygen atoms in total. The predicted molar refractivity (Wildman–Crippen MR) is 121 cm³/mol. The second-order valence-electron chi connectivity index (χ2n) is 7.23. The van der Waals surface area contributed by atoms with Gasteiger partial charge in [-0.3, -0.25) is 0 Å². The van der Waals surface area contributed by atoms with Crippen molar-refractivity contribution in [3.05, 3.63) is 83.3 Å². The minimum absolute atomic E-state index is 0.605. The second-order valence-corrected chi connectivity index (χ2v) is 9.77. The third-order valence-electron chi connectivity index (χ3n) is 5.43. The largest absolute Gasteiger partial charge is 0.439 e. The number of hydrogen-bond acceptors (Lipinski definition) is 3. The van der Waals surface area contributed by atoms with E-state index in [1.165, 1.54) is 29.7 Å². The van der Waals surface area contributed by atoms with Crippen molar-refractivity contribution >= 4 is 30.1 Å². The van der Waals surface area contributed by atoms with Crippen LogP contribution in [-0.2, 0) is 0 Å². The van der Waals surface area contributed by atoms with Gasteiger partial charge in [-0.25, -0.2) is 4.67 Å². The summed E-state index contributed by atoms with van der Waals surface area (Å²) in [5.41, 5.74) is 3.66. The molecule has 0 unspecified atom stereocenters. The molecule has 2 heterocycles. The molecule has 5 rings (SSSR count). The lowest BCUT2D eigenvalue weighted by molar-refractivity contribution is 0.431. The first-order valence-electron chi connectivity index (χ1n) is 9.72. The van der Waals surface area contributed by atoms with Crippen molar-refractivity contribution in [2.24, 2.45) is 0 Å². The summed E-state index contributed by atoms with van der Waals surface area (Å²) in [7, 11) is -0.845. The van der Waals surface area contributed by atoms with Crippen LogP contribution in [0.4, 0.5) is 5.69 Å². The van der Waals surface area contributed by atoms with Gasteiger partial charge >= 0.3 is 0 Å². The Kier molecular flexibility index (Phi) is 5.11. The Labute approximate surface area is 176 Å². The summed E-state index contributed by atoms with van der Waals surface area (Å²) < 4.78 is 12.7. The number of fused-ring (bicyclic) bond motifs is 1. The van der Waals surface area contributed by atoms with Crippen molar-refractivity contribution < 1.29 is 4.52 Å². The molecule has 142 valence electrons. The van der Waals surface area contributed by atoms with Gasteiger partial charge in [-0.2, -0.15) is 0 Å². The Morgan fingerprint density at radius 3 is 2.39 bits per heavy atom. The summed E-state index contributed by atoms with van der Waals surface area (Å²) >= 11 is 3.75. The lowest BCUT2D eigenvalue weighted by Crippen LogP contribution is -2.20. The van der Waals surface area contributed by atoms with E-state index in [0.29, 0.717) is 6.04 Å². The molecule has 3 aromatic rings. The van der Waals surface area contributed by atoms with Crippen LogP contribution in [0.25, 0.3) is 11.1 Å². The van der Waals surface area contributed by atoms with Gasteiger partial charge in [0, 0.05) is 24.8 Å². The van der Waals surface area contributed by atoms with E-state index in [1.807, 2.05) is 6.07 Å². The minimum atomic E-state index is -0.845. The minimum Gasteiger partial charge on any atom is -0.439 e. The van der Waals surface area contributed by atoms with E-state index < -0.39 is 8.45 Å². The average Bonchev–Trinajstić information content (AvgIpc) is 3.33. The highest BCUT2D eigenvalue weighted by atomic mass is 79.9. The lowest BCUT2D eigenvalue weighted by Gasteiger charge is -2.29. The Morgan fingerprint density at radius 2 is 1.64 bits per heavy atom. The van der Waals surface area contributed by atoms with Crippen molar-refractivity contribution in [1.29, 1.82) is 0 Å². The fraction of sp³-hybridized carbons (Fsp3) is 0.217. The van der Waals surface area contributed by atoms with E-state index in [-0.39, 0.29) is 0 Å². The fourth-order valence-corrected chi connectivity index (χ4v) is 6.86. The van der Waals surface area contributed by atoms with Gasteiger partial charge in [0.2, 0.25) is 0 Å². The topological polar surface area (TPSA) is 15.7 Å². The van der Waals surface area contributed by atoms with Crippen LogP contribution in [0.15, 0.2) is 83.3 Å². The van der Waals surface area contributed by atoms with Crippen molar-refractivity contribution in [3.8, 4) is 16.9 Å². The number of benzene rings is 3. The van der Waals surface area contributed by atoms with E-state index in [0.717, 1.165) is 23.3 Å². The van der Waals surface area contributed by atoms with Crippen LogP contribution in [0.5, 0.6) is 5.75 Å². The molecule has 5 heteroatoms. The van der Waals surface area contributed by atoms with Gasteiger partial charge in [0.15, 0.2) is 0 Å². The molecule has 0 saturated carbocycles. The SMILES string of the molecule is Brc1cc(-c2ccccc2)ccc1O[P@@]1N(c2ccccc2)C[C@@H]2CCCN21. The van der Waals surface area contributed by atoms with Crippen LogP contribution < -0.4 is 9.19 Å². The van der Waals surface area contributed by atoms with Crippen molar-refractivity contribution in [3.63, 3.8) is 0 Å². The van der Waals surface area contributed by atoms with Crippen LogP contribution in [0.2, 0.25) is 0 Å². The molecule has 0 amide bonds. The van der Waals surface area contributed by atoms with E-state index >= 15 is 0 Å². The van der Waals surface area contributed by atoms with Gasteiger partial charge in [-0.1, -0.05) is 54.6 Å². The first-order valence-corrected chi connectivity index (χ1v) is 11.7. The number of rotatable bonds is 4. The molecule has 3 aromatic carbocycles. The van der Waals surface area contributed by atoms with E-state index in [9.17, 15) is 0 Å². The Bertz CT molecular complexity index is 953. The highest BCUT2D eigenvalue weighted by Gasteiger charge is 2.45. The van der Waals surface area contributed by atoms with Crippen LogP contribution in [-0.4, -0.2) is 23.8 Å². The molecule has 2 atom stereocenters. The summed E-state index contributed by atoms with van der Waals surface area (Å²) in [6.07, 6.45) is 2.53. The Morgan fingerprint density at radius 1 is 0.893 bits per heavy atom. The maximum absolute atomic E-state index is 6.65. The zero-order chi connectivity index (χ0) is 18.9. The molecule has 0 aromatic heterocycles. The van der Waals surface area contributed by atoms with Crippen molar-refractivity contribution in [2.45, 2.75) is 18.9 Å². The van der Waals surface area contributed by atoms with Crippen LogP contribution >= 0.6 is 24.4 Å². The molecular formula is C23H22BrN2OP. The average molecular weight is 453 g/mol. The summed E-state index contributed by atoms with van der Waals surface area (Å²) in [6.45, 7) is 2.18. The normalized spacial score (nSPS) is 21.7. The number of halogens is 1. The van der Waals surface area contributed by atoms with Gasteiger partial charge in [-0.15, -0.1) is 0 Å². The van der Waals surface area contributed by atoms with Gasteiger partial charge in [0.1, 0.15) is 5.75 Å². The highest BCUT2D eigenvalue weighted by Crippen LogP contribution is 2.57. The Balaban J connectivity index is 1.43. The molecule has 0 spiro atoms. The van der Waals surface area contributed by atoms with Crippen LogP contribution in [0.1, 0.15) is 12.8 Å². The monoisotopic (exact) mass is 452 g/mol. The Hall–Kier alpha value is -1.87.